The molecule has 0 amide bonds. The Hall–Kier alpha value is -0.830. The van der Waals surface area contributed by atoms with Crippen LogP contribution < -0.4 is 5.32 Å². The Balaban J connectivity index is 1.85. The zero-order valence-electron chi connectivity index (χ0n) is 8.96. The van der Waals surface area contributed by atoms with E-state index >= 15 is 0 Å². The maximum absolute atomic E-state index is 4.01. The van der Waals surface area contributed by atoms with Crippen LogP contribution in [-0.4, -0.2) is 16.0 Å². The minimum atomic E-state index is 0.679. The Morgan fingerprint density at radius 1 is 1.43 bits per heavy atom. The van der Waals surface area contributed by atoms with Gasteiger partial charge in [-0.05, 0) is 24.7 Å². The molecule has 0 radical (unpaired) electrons. The first-order chi connectivity index (χ1) is 6.77. The third-order valence-electron chi connectivity index (χ3n) is 3.39. The average molecular weight is 193 g/mol. The molecule has 1 aromatic heterocycles. The predicted octanol–water partition coefficient (Wildman–Crippen LogP) is 1.93. The van der Waals surface area contributed by atoms with Crippen molar-refractivity contribution >= 4 is 0 Å². The molecule has 0 bridgehead atoms. The van der Waals surface area contributed by atoms with Crippen molar-refractivity contribution in [1.82, 2.24) is 15.3 Å². The molecule has 3 nitrogen and oxygen atoms in total. The van der Waals surface area contributed by atoms with E-state index in [1.807, 2.05) is 6.20 Å². The molecule has 2 unspecified atom stereocenters. The van der Waals surface area contributed by atoms with Crippen LogP contribution in [0.25, 0.3) is 0 Å². The van der Waals surface area contributed by atoms with Gasteiger partial charge in [-0.1, -0.05) is 13.8 Å². The molecule has 0 aromatic carbocycles. The summed E-state index contributed by atoms with van der Waals surface area (Å²) in [6, 6.07) is 0.679. The maximum Gasteiger partial charge on any atom is 0.0922 e. The Bertz CT molecular complexity index is 258. The third-order valence-corrected chi connectivity index (χ3v) is 3.39. The number of H-pyrrole nitrogens is 1. The second-order valence-electron chi connectivity index (χ2n) is 4.52. The zero-order chi connectivity index (χ0) is 9.97. The number of aromatic amines is 1. The molecule has 0 aliphatic heterocycles. The molecule has 1 saturated carbocycles. The molecule has 1 aliphatic rings. The fourth-order valence-corrected chi connectivity index (χ4v) is 2.46. The van der Waals surface area contributed by atoms with Crippen LogP contribution in [0.1, 0.15) is 32.4 Å². The van der Waals surface area contributed by atoms with E-state index in [9.17, 15) is 0 Å². The van der Waals surface area contributed by atoms with Crippen molar-refractivity contribution in [1.29, 1.82) is 0 Å². The lowest BCUT2D eigenvalue weighted by Crippen LogP contribution is -2.35. The first kappa shape index (κ1) is 9.71. The van der Waals surface area contributed by atoms with Crippen LogP contribution in [0.4, 0.5) is 0 Å². The van der Waals surface area contributed by atoms with Crippen molar-refractivity contribution in [2.75, 3.05) is 0 Å². The Morgan fingerprint density at radius 3 is 2.71 bits per heavy atom. The van der Waals surface area contributed by atoms with E-state index in [2.05, 4.69) is 29.1 Å². The quantitative estimate of drug-likeness (QED) is 0.770. The van der Waals surface area contributed by atoms with E-state index in [-0.39, 0.29) is 0 Å². The molecule has 2 atom stereocenters. The van der Waals surface area contributed by atoms with Gasteiger partial charge in [-0.25, -0.2) is 4.98 Å². The third kappa shape index (κ3) is 1.98. The number of aromatic nitrogens is 2. The summed E-state index contributed by atoms with van der Waals surface area (Å²) in [5.74, 6) is 1.63. The predicted molar refractivity (Wildman–Crippen MR) is 56.8 cm³/mol. The standard InChI is InChI=1S/C11H19N3/c1-8-3-4-9(2)11(8)13-6-10-5-12-7-14-10/h5,7-9,11,13H,3-4,6H2,1-2H3,(H,12,14). The molecule has 2 N–H and O–H groups in total. The van der Waals surface area contributed by atoms with Crippen LogP contribution in [0.15, 0.2) is 12.5 Å². The van der Waals surface area contributed by atoms with Gasteiger partial charge in [0.1, 0.15) is 0 Å². The molecule has 3 heteroatoms. The molecular weight excluding hydrogens is 174 g/mol. The van der Waals surface area contributed by atoms with Crippen LogP contribution in [0, 0.1) is 11.8 Å². The number of nitrogens with zero attached hydrogens (tertiary/aromatic N) is 1. The molecular formula is C11H19N3. The summed E-state index contributed by atoms with van der Waals surface area (Å²) in [6.07, 6.45) is 6.35. The van der Waals surface area contributed by atoms with Gasteiger partial charge >= 0.3 is 0 Å². The SMILES string of the molecule is CC1CCC(C)C1NCc1cnc[nH]1. The van der Waals surface area contributed by atoms with Gasteiger partial charge < -0.3 is 10.3 Å². The highest BCUT2D eigenvalue weighted by Crippen LogP contribution is 2.30. The van der Waals surface area contributed by atoms with Crippen molar-refractivity contribution in [3.05, 3.63) is 18.2 Å². The highest BCUT2D eigenvalue weighted by atomic mass is 15.0. The van der Waals surface area contributed by atoms with Crippen LogP contribution in [0.2, 0.25) is 0 Å². The topological polar surface area (TPSA) is 40.7 Å². The van der Waals surface area contributed by atoms with Gasteiger partial charge in [0.15, 0.2) is 0 Å². The van der Waals surface area contributed by atoms with Crippen molar-refractivity contribution in [2.45, 2.75) is 39.3 Å². The highest BCUT2D eigenvalue weighted by Gasteiger charge is 2.29. The van der Waals surface area contributed by atoms with Gasteiger partial charge in [-0.15, -0.1) is 0 Å². The fourth-order valence-electron chi connectivity index (χ4n) is 2.46. The maximum atomic E-state index is 4.01. The van der Waals surface area contributed by atoms with E-state index in [0.717, 1.165) is 18.4 Å². The fraction of sp³-hybridized carbons (Fsp3) is 0.727. The van der Waals surface area contributed by atoms with Gasteiger partial charge in [0.2, 0.25) is 0 Å². The summed E-state index contributed by atoms with van der Waals surface area (Å²) in [6.45, 7) is 5.60. The average Bonchev–Trinajstić information content (AvgIpc) is 2.76. The smallest absolute Gasteiger partial charge is 0.0922 e. The summed E-state index contributed by atoms with van der Waals surface area (Å²) >= 11 is 0. The molecule has 1 aromatic rings. The number of imidazole rings is 1. The lowest BCUT2D eigenvalue weighted by atomic mass is 10.0. The van der Waals surface area contributed by atoms with Crippen LogP contribution in [-0.2, 0) is 6.54 Å². The number of hydrogen-bond donors (Lipinski definition) is 2. The Labute approximate surface area is 85.3 Å². The molecule has 14 heavy (non-hydrogen) atoms. The van der Waals surface area contributed by atoms with Crippen LogP contribution in [0.5, 0.6) is 0 Å². The van der Waals surface area contributed by atoms with Gasteiger partial charge in [0, 0.05) is 24.5 Å². The second-order valence-corrected chi connectivity index (χ2v) is 4.52. The van der Waals surface area contributed by atoms with E-state index < -0.39 is 0 Å². The van der Waals surface area contributed by atoms with Crippen molar-refractivity contribution in [2.24, 2.45) is 11.8 Å². The molecule has 1 heterocycles. The van der Waals surface area contributed by atoms with Crippen molar-refractivity contribution in [3.8, 4) is 0 Å². The normalized spacial score (nSPS) is 32.3. The van der Waals surface area contributed by atoms with Crippen molar-refractivity contribution < 1.29 is 0 Å². The molecule has 2 rings (SSSR count). The van der Waals surface area contributed by atoms with Crippen LogP contribution >= 0.6 is 0 Å². The Morgan fingerprint density at radius 2 is 2.14 bits per heavy atom. The van der Waals surface area contributed by atoms with E-state index in [4.69, 9.17) is 0 Å². The molecule has 78 valence electrons. The summed E-state index contributed by atoms with van der Waals surface area (Å²) in [5, 5.41) is 3.61. The van der Waals surface area contributed by atoms with Gasteiger partial charge in [-0.3, -0.25) is 0 Å². The Kier molecular flexibility index (Phi) is 2.87. The summed E-state index contributed by atoms with van der Waals surface area (Å²) in [4.78, 5) is 7.13. The first-order valence-corrected chi connectivity index (χ1v) is 5.48. The second kappa shape index (κ2) is 4.13. The molecule has 0 saturated heterocycles. The lowest BCUT2D eigenvalue weighted by molar-refractivity contribution is 0.364. The zero-order valence-corrected chi connectivity index (χ0v) is 8.96. The molecule has 1 fully saturated rings. The van der Waals surface area contributed by atoms with E-state index in [0.29, 0.717) is 6.04 Å². The number of rotatable bonds is 3. The lowest BCUT2D eigenvalue weighted by Gasteiger charge is -2.21. The van der Waals surface area contributed by atoms with Gasteiger partial charge in [-0.2, -0.15) is 0 Å². The largest absolute Gasteiger partial charge is 0.347 e. The molecule has 0 spiro atoms. The highest BCUT2D eigenvalue weighted by molar-refractivity contribution is 4.95. The summed E-state index contributed by atoms with van der Waals surface area (Å²) < 4.78 is 0. The van der Waals surface area contributed by atoms with Gasteiger partial charge in [0.05, 0.1) is 6.33 Å². The van der Waals surface area contributed by atoms with E-state index in [1.165, 1.54) is 18.5 Å². The van der Waals surface area contributed by atoms with Gasteiger partial charge in [0.25, 0.3) is 0 Å². The molecule has 1 aliphatic carbocycles. The van der Waals surface area contributed by atoms with E-state index in [1.54, 1.807) is 6.33 Å². The monoisotopic (exact) mass is 193 g/mol. The summed E-state index contributed by atoms with van der Waals surface area (Å²) in [5.41, 5.74) is 1.18. The minimum absolute atomic E-state index is 0.679. The summed E-state index contributed by atoms with van der Waals surface area (Å²) in [7, 11) is 0. The number of hydrogen-bond acceptors (Lipinski definition) is 2. The van der Waals surface area contributed by atoms with Crippen molar-refractivity contribution in [3.63, 3.8) is 0 Å². The number of nitrogens with one attached hydrogen (secondary N) is 2. The first-order valence-electron chi connectivity index (χ1n) is 5.48. The minimum Gasteiger partial charge on any atom is -0.347 e. The van der Waals surface area contributed by atoms with Crippen LogP contribution in [0.3, 0.4) is 0 Å².